The molecule has 0 saturated carbocycles. The molecule has 3 N–H and O–H groups in total. The summed E-state index contributed by atoms with van der Waals surface area (Å²) in [4.78, 5) is 11.9. The fourth-order valence-corrected chi connectivity index (χ4v) is 1.79. The SMILES string of the molecule is CCOC(=O)c1cccc(N)c1NCCn1ccnn1. The lowest BCUT2D eigenvalue weighted by Crippen LogP contribution is -2.16. The van der Waals surface area contributed by atoms with Gasteiger partial charge < -0.3 is 15.8 Å². The number of nitrogen functional groups attached to an aromatic ring is 1. The fraction of sp³-hybridized carbons (Fsp3) is 0.308. The third-order valence-electron chi connectivity index (χ3n) is 2.71. The summed E-state index contributed by atoms with van der Waals surface area (Å²) in [6.07, 6.45) is 3.38. The number of hydrogen-bond acceptors (Lipinski definition) is 6. The van der Waals surface area contributed by atoms with Gasteiger partial charge >= 0.3 is 5.97 Å². The van der Waals surface area contributed by atoms with Crippen molar-refractivity contribution in [3.63, 3.8) is 0 Å². The Kier molecular flexibility index (Phi) is 4.54. The fourth-order valence-electron chi connectivity index (χ4n) is 1.79. The molecule has 1 heterocycles. The van der Waals surface area contributed by atoms with Crippen LogP contribution >= 0.6 is 0 Å². The van der Waals surface area contributed by atoms with Crippen LogP contribution < -0.4 is 11.1 Å². The molecule has 0 aliphatic rings. The molecule has 7 nitrogen and oxygen atoms in total. The molecule has 0 radical (unpaired) electrons. The normalized spacial score (nSPS) is 10.2. The van der Waals surface area contributed by atoms with E-state index in [1.54, 1.807) is 42.2 Å². The predicted molar refractivity (Wildman–Crippen MR) is 75.3 cm³/mol. The number of nitrogens with zero attached hydrogens (tertiary/aromatic N) is 3. The maximum Gasteiger partial charge on any atom is 0.340 e. The average Bonchev–Trinajstić information content (AvgIpc) is 2.94. The Hall–Kier alpha value is -2.57. The van der Waals surface area contributed by atoms with Crippen LogP contribution in [0.3, 0.4) is 0 Å². The minimum absolute atomic E-state index is 0.325. The lowest BCUT2D eigenvalue weighted by atomic mass is 10.1. The first-order valence-corrected chi connectivity index (χ1v) is 6.36. The van der Waals surface area contributed by atoms with Crippen LogP contribution in [0.1, 0.15) is 17.3 Å². The van der Waals surface area contributed by atoms with Crippen molar-refractivity contribution in [3.8, 4) is 0 Å². The van der Waals surface area contributed by atoms with Crippen LogP contribution in [0.15, 0.2) is 30.6 Å². The molecule has 0 aliphatic carbocycles. The van der Waals surface area contributed by atoms with Gasteiger partial charge in [-0.1, -0.05) is 11.3 Å². The molecule has 7 heteroatoms. The second kappa shape index (κ2) is 6.55. The van der Waals surface area contributed by atoms with Gasteiger partial charge in [0.05, 0.1) is 36.3 Å². The number of para-hydroxylation sites is 1. The number of rotatable bonds is 6. The molecule has 0 fully saturated rings. The van der Waals surface area contributed by atoms with Crippen LogP contribution in [-0.4, -0.2) is 34.1 Å². The number of ether oxygens (including phenoxy) is 1. The summed E-state index contributed by atoms with van der Waals surface area (Å²) in [5.74, 6) is -0.386. The molecule has 1 aromatic carbocycles. The Labute approximate surface area is 116 Å². The minimum Gasteiger partial charge on any atom is -0.462 e. The maximum absolute atomic E-state index is 11.9. The van der Waals surface area contributed by atoms with Crippen molar-refractivity contribution >= 4 is 17.3 Å². The second-order valence-electron chi connectivity index (χ2n) is 4.08. The molecule has 20 heavy (non-hydrogen) atoms. The summed E-state index contributed by atoms with van der Waals surface area (Å²) in [7, 11) is 0. The number of benzene rings is 1. The van der Waals surface area contributed by atoms with E-state index in [0.717, 1.165) is 0 Å². The lowest BCUT2D eigenvalue weighted by Gasteiger charge is -2.13. The maximum atomic E-state index is 11.9. The van der Waals surface area contributed by atoms with Crippen molar-refractivity contribution in [1.29, 1.82) is 0 Å². The van der Waals surface area contributed by atoms with Gasteiger partial charge in [0.1, 0.15) is 0 Å². The molecule has 1 aromatic heterocycles. The van der Waals surface area contributed by atoms with Gasteiger partial charge in [0.25, 0.3) is 0 Å². The van der Waals surface area contributed by atoms with Gasteiger partial charge in [-0.2, -0.15) is 0 Å². The Bertz CT molecular complexity index is 568. The van der Waals surface area contributed by atoms with E-state index >= 15 is 0 Å². The number of aromatic nitrogens is 3. The van der Waals surface area contributed by atoms with Gasteiger partial charge in [-0.15, -0.1) is 5.10 Å². The summed E-state index contributed by atoms with van der Waals surface area (Å²) in [5, 5.41) is 10.7. The molecular weight excluding hydrogens is 258 g/mol. The van der Waals surface area contributed by atoms with Gasteiger partial charge in [-0.05, 0) is 19.1 Å². The van der Waals surface area contributed by atoms with E-state index in [2.05, 4.69) is 15.6 Å². The monoisotopic (exact) mass is 275 g/mol. The molecule has 0 aliphatic heterocycles. The topological polar surface area (TPSA) is 95.1 Å². The highest BCUT2D eigenvalue weighted by Gasteiger charge is 2.14. The smallest absolute Gasteiger partial charge is 0.340 e. The lowest BCUT2D eigenvalue weighted by molar-refractivity contribution is 0.0527. The first-order valence-electron chi connectivity index (χ1n) is 6.36. The van der Waals surface area contributed by atoms with Gasteiger partial charge in [0, 0.05) is 12.7 Å². The van der Waals surface area contributed by atoms with E-state index < -0.39 is 0 Å². The highest BCUT2D eigenvalue weighted by Crippen LogP contribution is 2.24. The Morgan fingerprint density at radius 2 is 2.35 bits per heavy atom. The largest absolute Gasteiger partial charge is 0.462 e. The molecule has 0 saturated heterocycles. The molecule has 0 bridgehead atoms. The van der Waals surface area contributed by atoms with Crippen LogP contribution in [0, 0.1) is 0 Å². The van der Waals surface area contributed by atoms with Gasteiger partial charge in [0.2, 0.25) is 0 Å². The molecular formula is C13H17N5O2. The van der Waals surface area contributed by atoms with E-state index in [1.165, 1.54) is 0 Å². The number of nitrogens with one attached hydrogen (secondary N) is 1. The van der Waals surface area contributed by atoms with E-state index in [4.69, 9.17) is 10.5 Å². The van der Waals surface area contributed by atoms with E-state index in [1.807, 2.05) is 0 Å². The number of carbonyl (C=O) groups is 1. The van der Waals surface area contributed by atoms with E-state index in [9.17, 15) is 4.79 Å². The second-order valence-corrected chi connectivity index (χ2v) is 4.08. The molecule has 2 rings (SSSR count). The third kappa shape index (κ3) is 3.25. The van der Waals surface area contributed by atoms with Crippen LogP contribution in [0.2, 0.25) is 0 Å². The van der Waals surface area contributed by atoms with Crippen LogP contribution in [0.25, 0.3) is 0 Å². The van der Waals surface area contributed by atoms with E-state index in [0.29, 0.717) is 36.6 Å². The zero-order valence-corrected chi connectivity index (χ0v) is 11.2. The number of esters is 1. The van der Waals surface area contributed by atoms with Crippen LogP contribution in [0.4, 0.5) is 11.4 Å². The van der Waals surface area contributed by atoms with Crippen molar-refractivity contribution in [3.05, 3.63) is 36.2 Å². The Morgan fingerprint density at radius 3 is 3.05 bits per heavy atom. The molecule has 0 amide bonds. The summed E-state index contributed by atoms with van der Waals surface area (Å²) < 4.78 is 6.70. The average molecular weight is 275 g/mol. The highest BCUT2D eigenvalue weighted by molar-refractivity contribution is 5.98. The van der Waals surface area contributed by atoms with Crippen LogP contribution in [0.5, 0.6) is 0 Å². The van der Waals surface area contributed by atoms with Crippen molar-refractivity contribution in [2.45, 2.75) is 13.5 Å². The molecule has 0 atom stereocenters. The van der Waals surface area contributed by atoms with Crippen molar-refractivity contribution < 1.29 is 9.53 Å². The molecule has 2 aromatic rings. The summed E-state index contributed by atoms with van der Waals surface area (Å²) in [6.45, 7) is 3.29. The summed E-state index contributed by atoms with van der Waals surface area (Å²) in [5.41, 5.74) is 7.44. The summed E-state index contributed by atoms with van der Waals surface area (Å²) in [6, 6.07) is 5.15. The first kappa shape index (κ1) is 13.9. The van der Waals surface area contributed by atoms with Gasteiger partial charge in [-0.3, -0.25) is 4.68 Å². The quantitative estimate of drug-likeness (QED) is 0.606. The standard InChI is InChI=1S/C13H17N5O2/c1-2-20-13(19)10-4-3-5-11(14)12(10)15-6-8-18-9-7-16-17-18/h3-5,7,9,15H,2,6,8,14H2,1H3. The van der Waals surface area contributed by atoms with Gasteiger partial charge in [0.15, 0.2) is 0 Å². The highest BCUT2D eigenvalue weighted by atomic mass is 16.5. The number of anilines is 2. The molecule has 0 spiro atoms. The minimum atomic E-state index is -0.386. The number of nitrogens with two attached hydrogens (primary N) is 1. The summed E-state index contributed by atoms with van der Waals surface area (Å²) >= 11 is 0. The van der Waals surface area contributed by atoms with Crippen molar-refractivity contribution in [2.24, 2.45) is 0 Å². The Morgan fingerprint density at radius 1 is 1.50 bits per heavy atom. The Balaban J connectivity index is 2.07. The van der Waals surface area contributed by atoms with E-state index in [-0.39, 0.29) is 5.97 Å². The van der Waals surface area contributed by atoms with Crippen LogP contribution in [-0.2, 0) is 11.3 Å². The molecule has 0 unspecified atom stereocenters. The van der Waals surface area contributed by atoms with Gasteiger partial charge in [-0.25, -0.2) is 4.79 Å². The first-order chi connectivity index (χ1) is 9.72. The predicted octanol–water partition coefficient (Wildman–Crippen LogP) is 1.15. The number of hydrogen-bond donors (Lipinski definition) is 2. The van der Waals surface area contributed by atoms with Crippen molar-refractivity contribution in [1.82, 2.24) is 15.0 Å². The number of carbonyl (C=O) groups excluding carboxylic acids is 1. The molecule has 106 valence electrons. The van der Waals surface area contributed by atoms with Crippen molar-refractivity contribution in [2.75, 3.05) is 24.2 Å². The zero-order chi connectivity index (χ0) is 14.4. The zero-order valence-electron chi connectivity index (χ0n) is 11.2. The third-order valence-corrected chi connectivity index (χ3v) is 2.71.